The maximum Gasteiger partial charge on any atom is 0.221 e. The largest absolute Gasteiger partial charge is 0.379 e. The van der Waals surface area contributed by atoms with E-state index >= 15 is 0 Å². The zero-order valence-corrected chi connectivity index (χ0v) is 12.7. The molecule has 1 heterocycles. The number of fused-ring (bicyclic) bond motifs is 1. The number of benzene rings is 1. The van der Waals surface area contributed by atoms with Crippen LogP contribution in [0.3, 0.4) is 0 Å². The topological polar surface area (TPSA) is 56.1 Å². The Morgan fingerprint density at radius 3 is 3.00 bits per heavy atom. The first-order valence-corrected chi connectivity index (χ1v) is 7.45. The smallest absolute Gasteiger partial charge is 0.221 e. The highest BCUT2D eigenvalue weighted by Gasteiger charge is 2.05. The quantitative estimate of drug-likeness (QED) is 0.759. The lowest BCUT2D eigenvalue weighted by Gasteiger charge is -2.08. The second-order valence-corrected chi connectivity index (χ2v) is 5.30. The zero-order valence-electron chi connectivity index (χ0n) is 12.7. The molecule has 114 valence electrons. The van der Waals surface area contributed by atoms with Gasteiger partial charge in [-0.25, -0.2) is 4.98 Å². The number of rotatable bonds is 8. The van der Waals surface area contributed by atoms with Gasteiger partial charge in [0.2, 0.25) is 5.91 Å². The summed E-state index contributed by atoms with van der Waals surface area (Å²) < 4.78 is 7.44. The van der Waals surface area contributed by atoms with Gasteiger partial charge in [0.05, 0.1) is 23.5 Å². The van der Waals surface area contributed by atoms with E-state index in [2.05, 4.69) is 10.3 Å². The molecule has 5 nitrogen and oxygen atoms in total. The number of aryl methyl sites for hydroxylation is 1. The van der Waals surface area contributed by atoms with Crippen LogP contribution in [0.2, 0.25) is 0 Å². The summed E-state index contributed by atoms with van der Waals surface area (Å²) in [6, 6.07) is 7.94. The maximum atomic E-state index is 11.8. The van der Waals surface area contributed by atoms with Gasteiger partial charge in [0.25, 0.3) is 0 Å². The summed E-state index contributed by atoms with van der Waals surface area (Å²) in [5, 5.41) is 2.91. The van der Waals surface area contributed by atoms with E-state index in [4.69, 9.17) is 4.74 Å². The Hall–Kier alpha value is -1.88. The van der Waals surface area contributed by atoms with Crippen LogP contribution in [-0.4, -0.2) is 34.7 Å². The van der Waals surface area contributed by atoms with Crippen LogP contribution in [0.1, 0.15) is 26.7 Å². The minimum absolute atomic E-state index is 0.0670. The number of aromatic nitrogens is 2. The highest BCUT2D eigenvalue weighted by molar-refractivity contribution is 5.77. The summed E-state index contributed by atoms with van der Waals surface area (Å²) in [6.45, 7) is 6.01. The molecule has 0 aliphatic rings. The molecule has 2 aromatic rings. The predicted molar refractivity (Wildman–Crippen MR) is 83.1 cm³/mol. The van der Waals surface area contributed by atoms with Crippen LogP contribution in [0.5, 0.6) is 0 Å². The molecular formula is C16H23N3O2. The Bertz CT molecular complexity index is 578. The number of carbonyl (C=O) groups excluding carboxylic acids is 1. The van der Waals surface area contributed by atoms with E-state index in [1.165, 1.54) is 0 Å². The van der Waals surface area contributed by atoms with E-state index in [-0.39, 0.29) is 12.0 Å². The van der Waals surface area contributed by atoms with Gasteiger partial charge in [0.15, 0.2) is 0 Å². The van der Waals surface area contributed by atoms with Crippen molar-refractivity contribution < 1.29 is 9.53 Å². The number of carbonyl (C=O) groups is 1. The van der Waals surface area contributed by atoms with Crippen LogP contribution in [0.15, 0.2) is 30.6 Å². The third kappa shape index (κ3) is 4.86. The Kier molecular flexibility index (Phi) is 5.75. The lowest BCUT2D eigenvalue weighted by molar-refractivity contribution is -0.121. The Morgan fingerprint density at radius 1 is 1.38 bits per heavy atom. The number of imidazole rings is 1. The van der Waals surface area contributed by atoms with Crippen molar-refractivity contribution in [2.45, 2.75) is 39.3 Å². The zero-order chi connectivity index (χ0) is 15.1. The van der Waals surface area contributed by atoms with Crippen LogP contribution < -0.4 is 5.32 Å². The molecule has 0 aliphatic heterocycles. The first-order chi connectivity index (χ1) is 10.2. The van der Waals surface area contributed by atoms with Crippen LogP contribution in [0.25, 0.3) is 11.0 Å². The van der Waals surface area contributed by atoms with Crippen molar-refractivity contribution >= 4 is 16.9 Å². The summed E-state index contributed by atoms with van der Waals surface area (Å²) in [5.74, 6) is 0.0670. The van der Waals surface area contributed by atoms with Crippen molar-refractivity contribution in [1.29, 1.82) is 0 Å². The van der Waals surface area contributed by atoms with Crippen LogP contribution in [0, 0.1) is 0 Å². The second kappa shape index (κ2) is 7.78. The van der Waals surface area contributed by atoms with E-state index < -0.39 is 0 Å². The van der Waals surface area contributed by atoms with E-state index in [1.807, 2.05) is 42.7 Å². The number of para-hydroxylation sites is 2. The van der Waals surface area contributed by atoms with Gasteiger partial charge in [-0.3, -0.25) is 4.79 Å². The Labute approximate surface area is 125 Å². The molecule has 1 amide bonds. The Morgan fingerprint density at radius 2 is 2.19 bits per heavy atom. The molecule has 2 rings (SSSR count). The van der Waals surface area contributed by atoms with E-state index in [0.29, 0.717) is 26.1 Å². The SMILES string of the molecule is CC(C)OCCCNC(=O)CCn1cnc2ccccc21. The lowest BCUT2D eigenvalue weighted by Crippen LogP contribution is -2.26. The molecule has 5 heteroatoms. The van der Waals surface area contributed by atoms with E-state index in [0.717, 1.165) is 17.5 Å². The normalized spacial score (nSPS) is 11.2. The van der Waals surface area contributed by atoms with Gasteiger partial charge < -0.3 is 14.6 Å². The van der Waals surface area contributed by atoms with Gasteiger partial charge >= 0.3 is 0 Å². The van der Waals surface area contributed by atoms with Crippen molar-refractivity contribution in [3.63, 3.8) is 0 Å². The average molecular weight is 289 g/mol. The number of hydrogen-bond acceptors (Lipinski definition) is 3. The molecule has 21 heavy (non-hydrogen) atoms. The summed E-state index contributed by atoms with van der Waals surface area (Å²) in [4.78, 5) is 16.1. The number of hydrogen-bond donors (Lipinski definition) is 1. The van der Waals surface area contributed by atoms with E-state index in [9.17, 15) is 4.79 Å². The number of nitrogens with one attached hydrogen (secondary N) is 1. The average Bonchev–Trinajstić information content (AvgIpc) is 2.87. The highest BCUT2D eigenvalue weighted by atomic mass is 16.5. The number of ether oxygens (including phenoxy) is 1. The molecule has 0 saturated heterocycles. The van der Waals surface area contributed by atoms with Crippen molar-refractivity contribution in [3.05, 3.63) is 30.6 Å². The van der Waals surface area contributed by atoms with Crippen LogP contribution in [0.4, 0.5) is 0 Å². The van der Waals surface area contributed by atoms with Crippen molar-refractivity contribution in [2.24, 2.45) is 0 Å². The predicted octanol–water partition coefficient (Wildman–Crippen LogP) is 2.36. The molecule has 1 aromatic heterocycles. The van der Waals surface area contributed by atoms with Gasteiger partial charge in [-0.15, -0.1) is 0 Å². The van der Waals surface area contributed by atoms with Crippen molar-refractivity contribution in [1.82, 2.24) is 14.9 Å². The molecule has 1 aromatic carbocycles. The molecule has 0 unspecified atom stereocenters. The summed E-state index contributed by atoms with van der Waals surface area (Å²) in [6.07, 6.45) is 3.34. The molecular weight excluding hydrogens is 266 g/mol. The molecule has 1 N–H and O–H groups in total. The van der Waals surface area contributed by atoms with Gasteiger partial charge in [0, 0.05) is 26.1 Å². The lowest BCUT2D eigenvalue weighted by atomic mass is 10.3. The van der Waals surface area contributed by atoms with Gasteiger partial charge in [-0.05, 0) is 32.4 Å². The van der Waals surface area contributed by atoms with Crippen LogP contribution in [-0.2, 0) is 16.1 Å². The maximum absolute atomic E-state index is 11.8. The third-order valence-electron chi connectivity index (χ3n) is 3.20. The fraction of sp³-hybridized carbons (Fsp3) is 0.500. The third-order valence-corrected chi connectivity index (χ3v) is 3.20. The van der Waals surface area contributed by atoms with Gasteiger partial charge in [-0.2, -0.15) is 0 Å². The van der Waals surface area contributed by atoms with Crippen molar-refractivity contribution in [2.75, 3.05) is 13.2 Å². The minimum Gasteiger partial charge on any atom is -0.379 e. The molecule has 0 atom stereocenters. The summed E-state index contributed by atoms with van der Waals surface area (Å²) in [5.41, 5.74) is 2.03. The molecule has 0 spiro atoms. The molecule has 0 saturated carbocycles. The monoisotopic (exact) mass is 289 g/mol. The first kappa shape index (κ1) is 15.5. The molecule has 0 bridgehead atoms. The molecule has 0 radical (unpaired) electrons. The summed E-state index contributed by atoms with van der Waals surface area (Å²) >= 11 is 0. The molecule has 0 aliphatic carbocycles. The van der Waals surface area contributed by atoms with Gasteiger partial charge in [-0.1, -0.05) is 12.1 Å². The first-order valence-electron chi connectivity index (χ1n) is 7.45. The fourth-order valence-electron chi connectivity index (χ4n) is 2.12. The fourth-order valence-corrected chi connectivity index (χ4v) is 2.12. The summed E-state index contributed by atoms with van der Waals surface area (Å²) in [7, 11) is 0. The number of amides is 1. The van der Waals surface area contributed by atoms with E-state index in [1.54, 1.807) is 6.33 Å². The van der Waals surface area contributed by atoms with Gasteiger partial charge in [0.1, 0.15) is 0 Å². The Balaban J connectivity index is 1.69. The van der Waals surface area contributed by atoms with Crippen molar-refractivity contribution in [3.8, 4) is 0 Å². The number of nitrogens with zero attached hydrogens (tertiary/aromatic N) is 2. The minimum atomic E-state index is 0.0670. The van der Waals surface area contributed by atoms with Crippen LogP contribution >= 0.6 is 0 Å². The molecule has 0 fully saturated rings. The highest BCUT2D eigenvalue weighted by Crippen LogP contribution is 2.11. The standard InChI is InChI=1S/C16H23N3O2/c1-13(2)21-11-5-9-17-16(20)8-10-19-12-18-14-6-3-4-7-15(14)19/h3-4,6-7,12-13H,5,8-11H2,1-2H3,(H,17,20). The second-order valence-electron chi connectivity index (χ2n) is 5.30.